The number of thiophene rings is 1. The van der Waals surface area contributed by atoms with E-state index in [-0.39, 0.29) is 37.4 Å². The van der Waals surface area contributed by atoms with E-state index in [9.17, 15) is 5.11 Å². The Morgan fingerprint density at radius 1 is 1.00 bits per heavy atom. The van der Waals surface area contributed by atoms with Crippen molar-refractivity contribution in [3.63, 3.8) is 0 Å². The van der Waals surface area contributed by atoms with Crippen LogP contribution in [0, 0.1) is 49.2 Å². The summed E-state index contributed by atoms with van der Waals surface area (Å²) in [4.78, 5) is 1.47. The Hall–Kier alpha value is -0.507. The van der Waals surface area contributed by atoms with E-state index in [0.717, 1.165) is 42.6 Å². The predicted octanol–water partition coefficient (Wildman–Crippen LogP) is 7.20. The zero-order valence-corrected chi connectivity index (χ0v) is 25.1. The van der Waals surface area contributed by atoms with Crippen LogP contribution in [-0.4, -0.2) is 18.3 Å². The number of hydrogen-bond acceptors (Lipinski definition) is 4. The second-order valence-electron chi connectivity index (χ2n) is 9.35. The SMILES string of the molecule is CC(C)CCCc1cccc2c1OCC2O.CC(C)CCCc1scc2c1OCC2.[CH3-].[Np]. The molecule has 0 saturated heterocycles. The molecule has 1 aromatic carbocycles. The second-order valence-corrected chi connectivity index (χ2v) is 10.3. The number of rotatable bonds is 8. The zero-order valence-electron chi connectivity index (χ0n) is 20.5. The molecule has 2 aliphatic rings. The molecule has 1 aromatic heterocycles. The smallest absolute Gasteiger partial charge is 0.136 e. The van der Waals surface area contributed by atoms with Crippen LogP contribution in [0.3, 0.4) is 0 Å². The van der Waals surface area contributed by atoms with Gasteiger partial charge in [0, 0.05) is 52.4 Å². The molecule has 1 radical (unpaired) electrons. The minimum absolute atomic E-state index is 0. The van der Waals surface area contributed by atoms with Crippen molar-refractivity contribution in [1.29, 1.82) is 0 Å². The maximum absolute atomic E-state index is 9.69. The van der Waals surface area contributed by atoms with E-state index in [0.29, 0.717) is 6.61 Å². The Labute approximate surface area is 222 Å². The first-order valence-electron chi connectivity index (χ1n) is 11.6. The van der Waals surface area contributed by atoms with E-state index >= 15 is 0 Å². The third kappa shape index (κ3) is 8.37. The molecule has 2 aliphatic heterocycles. The van der Waals surface area contributed by atoms with Crippen molar-refractivity contribution < 1.29 is 44.5 Å². The number of ether oxygens (including phenoxy) is 2. The third-order valence-corrected chi connectivity index (χ3v) is 6.87. The Kier molecular flexibility index (Phi) is 13.6. The van der Waals surface area contributed by atoms with Gasteiger partial charge in [0.2, 0.25) is 0 Å². The van der Waals surface area contributed by atoms with Crippen molar-refractivity contribution in [2.45, 2.75) is 78.7 Å². The number of para-hydroxylation sites is 1. The monoisotopic (exact) mass is 681 g/mol. The van der Waals surface area contributed by atoms with Gasteiger partial charge >= 0.3 is 0 Å². The number of fused-ring (bicyclic) bond motifs is 2. The van der Waals surface area contributed by atoms with Gasteiger partial charge in [0.1, 0.15) is 24.2 Å². The molecule has 1 N–H and O–H groups in total. The standard InChI is InChI=1S/C14H20O2.C12H18OS.CH3.Np/c1-10(2)5-3-6-11-7-4-8-12-13(15)9-16-14(11)12;1-9(2)4-3-5-11-12-10(8-14-11)6-7-13-12;;/h4,7-8,10,13,15H,3,5-6,9H2,1-2H3;8-9H,3-7H2,1-2H3;1H3;/q;;-1;. The third-order valence-electron chi connectivity index (χ3n) is 5.79. The van der Waals surface area contributed by atoms with Gasteiger partial charge < -0.3 is 22.0 Å². The average Bonchev–Trinajstić information content (AvgIpc) is 3.40. The molecule has 5 heteroatoms. The number of benzene rings is 1. The molecule has 0 fully saturated rings. The molecule has 0 saturated carbocycles. The fraction of sp³-hybridized carbons (Fsp3) is 0.593. The first-order chi connectivity index (χ1) is 14.5. The summed E-state index contributed by atoms with van der Waals surface area (Å²) in [6, 6.07) is 6.08. The first kappa shape index (κ1) is 29.5. The van der Waals surface area contributed by atoms with Gasteiger partial charge in [-0.15, -0.1) is 11.3 Å². The summed E-state index contributed by atoms with van der Waals surface area (Å²) in [6.45, 7) is 10.4. The van der Waals surface area contributed by atoms with E-state index in [1.165, 1.54) is 53.9 Å². The molecule has 0 aliphatic carbocycles. The van der Waals surface area contributed by atoms with Gasteiger partial charge in [0.25, 0.3) is 0 Å². The number of aryl methyl sites for hydroxylation is 2. The van der Waals surface area contributed by atoms with E-state index < -0.39 is 6.10 Å². The molecule has 32 heavy (non-hydrogen) atoms. The van der Waals surface area contributed by atoms with Gasteiger partial charge in [-0.1, -0.05) is 58.7 Å². The van der Waals surface area contributed by atoms with Crippen LogP contribution >= 0.6 is 11.3 Å². The van der Waals surface area contributed by atoms with Crippen molar-refractivity contribution in [2.75, 3.05) is 13.2 Å². The predicted molar refractivity (Wildman–Crippen MR) is 132 cm³/mol. The van der Waals surface area contributed by atoms with Crippen molar-refractivity contribution in [3.8, 4) is 11.5 Å². The summed E-state index contributed by atoms with van der Waals surface area (Å²) in [5.74, 6) is 3.73. The summed E-state index contributed by atoms with van der Waals surface area (Å²) in [7, 11) is 0. The van der Waals surface area contributed by atoms with Crippen LogP contribution < -0.4 is 9.47 Å². The Balaban J connectivity index is 0.000000303. The summed E-state index contributed by atoms with van der Waals surface area (Å²) in [5, 5.41) is 12.0. The first-order valence-corrected chi connectivity index (χ1v) is 12.5. The Morgan fingerprint density at radius 2 is 1.69 bits per heavy atom. The molecule has 3 heterocycles. The van der Waals surface area contributed by atoms with Gasteiger partial charge in [-0.05, 0) is 48.5 Å². The van der Waals surface area contributed by atoms with Crippen molar-refractivity contribution in [1.82, 2.24) is 0 Å². The molecule has 1 atom stereocenters. The average molecular weight is 683 g/mol. The Morgan fingerprint density at radius 3 is 2.38 bits per heavy atom. The quantitative estimate of drug-likeness (QED) is 0.300. The summed E-state index contributed by atoms with van der Waals surface area (Å²) in [5.41, 5.74) is 3.64. The maximum Gasteiger partial charge on any atom is 0.136 e. The topological polar surface area (TPSA) is 38.7 Å². The van der Waals surface area contributed by atoms with Crippen LogP contribution in [0.1, 0.15) is 81.0 Å². The van der Waals surface area contributed by atoms with Crippen LogP contribution in [0.25, 0.3) is 0 Å². The number of hydrogen-bond donors (Lipinski definition) is 1. The summed E-state index contributed by atoms with van der Waals surface area (Å²) >= 11 is 1.88. The van der Waals surface area contributed by atoms with Gasteiger partial charge in [0.15, 0.2) is 0 Å². The molecule has 0 bridgehead atoms. The molecular weight excluding hydrogens is 641 g/mol. The minimum Gasteiger partial charge on any atom is -0.492 e. The molecule has 2 aromatic rings. The van der Waals surface area contributed by atoms with Crippen LogP contribution in [-0.2, 0) is 19.3 Å². The van der Waals surface area contributed by atoms with Gasteiger partial charge in [-0.2, -0.15) is 0 Å². The molecule has 179 valence electrons. The fourth-order valence-corrected chi connectivity index (χ4v) is 5.14. The molecule has 3 nitrogen and oxygen atoms in total. The molecular formula is C27H41NpO3S-. The fourth-order valence-electron chi connectivity index (χ4n) is 4.07. The molecule has 0 amide bonds. The van der Waals surface area contributed by atoms with E-state index in [2.05, 4.69) is 39.1 Å². The van der Waals surface area contributed by atoms with Gasteiger partial charge in [-0.25, -0.2) is 0 Å². The Bertz CT molecular complexity index is 800. The van der Waals surface area contributed by atoms with Crippen molar-refractivity contribution in [3.05, 3.63) is 52.6 Å². The zero-order chi connectivity index (χ0) is 21.5. The van der Waals surface area contributed by atoms with Crippen LogP contribution in [0.5, 0.6) is 11.5 Å². The largest absolute Gasteiger partial charge is 0.492 e. The molecule has 1 unspecified atom stereocenters. The van der Waals surface area contributed by atoms with Crippen LogP contribution in [0.2, 0.25) is 0 Å². The van der Waals surface area contributed by atoms with Crippen LogP contribution in [0.15, 0.2) is 23.6 Å². The summed E-state index contributed by atoms with van der Waals surface area (Å²) < 4.78 is 11.2. The number of aliphatic hydroxyl groups excluding tert-OH is 1. The van der Waals surface area contributed by atoms with Gasteiger partial charge in [-0.3, -0.25) is 0 Å². The molecule has 0 spiro atoms. The second kappa shape index (κ2) is 14.7. The van der Waals surface area contributed by atoms with Gasteiger partial charge in [0.05, 0.1) is 6.61 Å². The minimum atomic E-state index is -0.431. The van der Waals surface area contributed by atoms with Crippen molar-refractivity contribution in [2.24, 2.45) is 11.8 Å². The van der Waals surface area contributed by atoms with Crippen LogP contribution in [0.4, 0.5) is 0 Å². The van der Waals surface area contributed by atoms with E-state index in [1.54, 1.807) is 0 Å². The van der Waals surface area contributed by atoms with Crippen molar-refractivity contribution >= 4 is 11.3 Å². The van der Waals surface area contributed by atoms with E-state index in [4.69, 9.17) is 9.47 Å². The summed E-state index contributed by atoms with van der Waals surface area (Å²) in [6.07, 6.45) is 8.00. The number of aliphatic hydroxyl groups is 1. The maximum atomic E-state index is 9.69. The normalized spacial score (nSPS) is 15.7. The molecule has 4 rings (SSSR count). The van der Waals surface area contributed by atoms with E-state index in [1.807, 2.05) is 23.5 Å².